The molecule has 0 bridgehead atoms. The maximum absolute atomic E-state index is 11.9. The lowest BCUT2D eigenvalue weighted by atomic mass is 10.1. The average molecular weight is 291 g/mol. The van der Waals surface area contributed by atoms with Crippen LogP contribution in [-0.4, -0.2) is 31.1 Å². The smallest absolute Gasteiger partial charge is 0.258 e. The lowest BCUT2D eigenvalue weighted by molar-refractivity contribution is 0.472. The van der Waals surface area contributed by atoms with Crippen LogP contribution in [0, 0.1) is 0 Å². The largest absolute Gasteiger partial charge is 0.308 e. The van der Waals surface area contributed by atoms with Crippen molar-refractivity contribution >= 4 is 16.4 Å². The van der Waals surface area contributed by atoms with Crippen molar-refractivity contribution in [3.8, 4) is 0 Å². The third-order valence-electron chi connectivity index (χ3n) is 3.58. The first-order chi connectivity index (χ1) is 9.72. The van der Waals surface area contributed by atoms with Gasteiger partial charge in [-0.25, -0.2) is 4.98 Å². The van der Waals surface area contributed by atoms with Gasteiger partial charge in [0.1, 0.15) is 5.65 Å². The molecule has 106 valence electrons. The van der Waals surface area contributed by atoms with Gasteiger partial charge in [-0.05, 0) is 25.0 Å². The molecule has 20 heavy (non-hydrogen) atoms. The summed E-state index contributed by atoms with van der Waals surface area (Å²) in [4.78, 5) is 16.4. The summed E-state index contributed by atoms with van der Waals surface area (Å²) in [6.07, 6.45) is 3.58. The van der Waals surface area contributed by atoms with Gasteiger partial charge in [0.2, 0.25) is 0 Å². The minimum atomic E-state index is -0.640. The van der Waals surface area contributed by atoms with E-state index in [4.69, 9.17) is 0 Å². The number of nitrogens with zero attached hydrogens (tertiary/aromatic N) is 2. The monoisotopic (exact) mass is 291 g/mol. The lowest BCUT2D eigenvalue weighted by Crippen LogP contribution is -2.35. The molecule has 3 rings (SSSR count). The molecule has 1 N–H and O–H groups in total. The molecule has 0 aliphatic carbocycles. The Morgan fingerprint density at radius 2 is 2.15 bits per heavy atom. The minimum absolute atomic E-state index is 0.0582. The van der Waals surface area contributed by atoms with Gasteiger partial charge >= 0.3 is 0 Å². The fourth-order valence-electron chi connectivity index (χ4n) is 2.44. The number of aromatic nitrogens is 2. The zero-order valence-corrected chi connectivity index (χ0v) is 11.9. The van der Waals surface area contributed by atoms with Crippen LogP contribution in [0.3, 0.4) is 0 Å². The van der Waals surface area contributed by atoms with Crippen molar-refractivity contribution in [2.45, 2.75) is 25.4 Å². The Bertz CT molecular complexity index is 688. The third kappa shape index (κ3) is 2.96. The Kier molecular flexibility index (Phi) is 3.93. The molecule has 1 fully saturated rings. The molecule has 0 amide bonds. The Morgan fingerprint density at radius 1 is 1.35 bits per heavy atom. The number of nitrogens with one attached hydrogen (secondary N) is 1. The predicted molar refractivity (Wildman–Crippen MR) is 79.2 cm³/mol. The van der Waals surface area contributed by atoms with Crippen molar-refractivity contribution in [2.75, 3.05) is 11.5 Å². The lowest BCUT2D eigenvalue weighted by Gasteiger charge is -2.22. The topological polar surface area (TPSA) is 63.5 Å². The minimum Gasteiger partial charge on any atom is -0.308 e. The Labute approximate surface area is 119 Å². The summed E-state index contributed by atoms with van der Waals surface area (Å²) in [6, 6.07) is 7.46. The zero-order valence-electron chi connectivity index (χ0n) is 11.1. The van der Waals surface area contributed by atoms with E-state index >= 15 is 0 Å². The highest BCUT2D eigenvalue weighted by Gasteiger charge is 2.17. The van der Waals surface area contributed by atoms with Gasteiger partial charge in [-0.3, -0.25) is 13.4 Å². The molecule has 1 aliphatic heterocycles. The van der Waals surface area contributed by atoms with Crippen molar-refractivity contribution in [3.05, 3.63) is 46.5 Å². The van der Waals surface area contributed by atoms with E-state index in [2.05, 4.69) is 10.3 Å². The van der Waals surface area contributed by atoms with E-state index in [1.807, 2.05) is 18.2 Å². The SMILES string of the molecule is O=c1cc(CNC2CCS(=O)CC2)nc2ccccn12. The zero-order chi connectivity index (χ0) is 13.9. The number of fused-ring (bicyclic) bond motifs is 1. The second-order valence-corrected chi connectivity index (χ2v) is 6.71. The van der Waals surface area contributed by atoms with Crippen LogP contribution in [0.15, 0.2) is 35.3 Å². The molecular weight excluding hydrogens is 274 g/mol. The highest BCUT2D eigenvalue weighted by Crippen LogP contribution is 2.09. The number of hydrogen-bond acceptors (Lipinski definition) is 4. The van der Waals surface area contributed by atoms with Crippen molar-refractivity contribution < 1.29 is 4.21 Å². The summed E-state index contributed by atoms with van der Waals surface area (Å²) in [6.45, 7) is 0.581. The summed E-state index contributed by atoms with van der Waals surface area (Å²) in [7, 11) is -0.640. The van der Waals surface area contributed by atoms with Crippen molar-refractivity contribution in [2.24, 2.45) is 0 Å². The average Bonchev–Trinajstić information content (AvgIpc) is 2.47. The molecule has 0 saturated carbocycles. The molecule has 0 aromatic carbocycles. The fraction of sp³-hybridized carbons (Fsp3) is 0.429. The first kappa shape index (κ1) is 13.5. The van der Waals surface area contributed by atoms with Gasteiger partial charge in [-0.15, -0.1) is 0 Å². The highest BCUT2D eigenvalue weighted by atomic mass is 32.2. The van der Waals surface area contributed by atoms with E-state index < -0.39 is 10.8 Å². The van der Waals surface area contributed by atoms with E-state index in [1.165, 1.54) is 4.40 Å². The molecule has 0 spiro atoms. The van der Waals surface area contributed by atoms with E-state index in [-0.39, 0.29) is 5.56 Å². The van der Waals surface area contributed by atoms with Crippen LogP contribution in [0.4, 0.5) is 0 Å². The first-order valence-corrected chi connectivity index (χ1v) is 8.27. The molecule has 5 nitrogen and oxygen atoms in total. The second-order valence-electron chi connectivity index (χ2n) is 5.02. The predicted octanol–water partition coefficient (Wildman–Crippen LogP) is 0.695. The van der Waals surface area contributed by atoms with Crippen molar-refractivity contribution in [1.29, 1.82) is 0 Å². The molecule has 3 heterocycles. The molecule has 2 aromatic heterocycles. The first-order valence-electron chi connectivity index (χ1n) is 6.78. The van der Waals surface area contributed by atoms with Gasteiger partial charge in [0.05, 0.1) is 5.69 Å². The highest BCUT2D eigenvalue weighted by molar-refractivity contribution is 7.85. The van der Waals surface area contributed by atoms with Gasteiger partial charge in [0.15, 0.2) is 0 Å². The van der Waals surface area contributed by atoms with Crippen molar-refractivity contribution in [3.63, 3.8) is 0 Å². The summed E-state index contributed by atoms with van der Waals surface area (Å²) in [5.74, 6) is 1.54. The van der Waals surface area contributed by atoms with Gasteiger partial charge in [-0.1, -0.05) is 6.07 Å². The Morgan fingerprint density at radius 3 is 2.95 bits per heavy atom. The van der Waals surface area contributed by atoms with Crippen LogP contribution in [0.1, 0.15) is 18.5 Å². The van der Waals surface area contributed by atoms with E-state index in [1.54, 1.807) is 12.3 Å². The van der Waals surface area contributed by atoms with Crippen LogP contribution in [0.2, 0.25) is 0 Å². The molecular formula is C14H17N3O2S. The van der Waals surface area contributed by atoms with E-state index in [9.17, 15) is 9.00 Å². The van der Waals surface area contributed by atoms with E-state index in [0.29, 0.717) is 18.2 Å². The number of rotatable bonds is 3. The van der Waals surface area contributed by atoms with Crippen LogP contribution in [0.25, 0.3) is 5.65 Å². The van der Waals surface area contributed by atoms with Crippen molar-refractivity contribution in [1.82, 2.24) is 14.7 Å². The van der Waals surface area contributed by atoms with E-state index in [0.717, 1.165) is 30.0 Å². The van der Waals surface area contributed by atoms with Gasteiger partial charge in [0.25, 0.3) is 5.56 Å². The molecule has 1 aliphatic rings. The van der Waals surface area contributed by atoms with Crippen LogP contribution >= 0.6 is 0 Å². The molecule has 1 saturated heterocycles. The van der Waals surface area contributed by atoms with Crippen LogP contribution in [0.5, 0.6) is 0 Å². The Hall–Kier alpha value is -1.53. The molecule has 0 unspecified atom stereocenters. The summed E-state index contributed by atoms with van der Waals surface area (Å²) in [5.41, 5.74) is 1.37. The fourth-order valence-corrected chi connectivity index (χ4v) is 3.74. The summed E-state index contributed by atoms with van der Waals surface area (Å²) in [5, 5.41) is 3.41. The maximum Gasteiger partial charge on any atom is 0.258 e. The molecule has 2 aromatic rings. The van der Waals surface area contributed by atoms with Crippen LogP contribution < -0.4 is 10.9 Å². The molecule has 6 heteroatoms. The summed E-state index contributed by atoms with van der Waals surface area (Å²) < 4.78 is 12.8. The third-order valence-corrected chi connectivity index (χ3v) is 4.97. The molecule has 0 radical (unpaired) electrons. The molecule has 0 atom stereocenters. The number of hydrogen-bond donors (Lipinski definition) is 1. The Balaban J connectivity index is 1.71. The van der Waals surface area contributed by atoms with Gasteiger partial charge in [0, 0.05) is 47.2 Å². The normalized spacial score (nSPS) is 23.0. The summed E-state index contributed by atoms with van der Waals surface area (Å²) >= 11 is 0. The van der Waals surface area contributed by atoms with Gasteiger partial charge < -0.3 is 5.32 Å². The number of pyridine rings is 1. The van der Waals surface area contributed by atoms with Gasteiger partial charge in [-0.2, -0.15) is 0 Å². The quantitative estimate of drug-likeness (QED) is 0.904. The second kappa shape index (κ2) is 5.85. The maximum atomic E-state index is 11.9. The van der Waals surface area contributed by atoms with Crippen LogP contribution in [-0.2, 0) is 17.3 Å². The standard InChI is InChI=1S/C14H17N3O2S/c18-14-9-12(16-13-3-1-2-6-17(13)14)10-15-11-4-7-20(19)8-5-11/h1-3,6,9,11,15H,4-5,7-8,10H2.